The van der Waals surface area contributed by atoms with Crippen molar-refractivity contribution in [3.63, 3.8) is 0 Å². The summed E-state index contributed by atoms with van der Waals surface area (Å²) < 4.78 is 0. The summed E-state index contributed by atoms with van der Waals surface area (Å²) in [5, 5.41) is 2.73. The van der Waals surface area contributed by atoms with Crippen LogP contribution >= 0.6 is 0 Å². The zero-order chi connectivity index (χ0) is 9.07. The molecule has 0 atom stereocenters. The summed E-state index contributed by atoms with van der Waals surface area (Å²) >= 11 is 0. The van der Waals surface area contributed by atoms with Crippen molar-refractivity contribution in [2.75, 3.05) is 0 Å². The third kappa shape index (κ3) is 2.33. The fourth-order valence-electron chi connectivity index (χ4n) is 1.29. The van der Waals surface area contributed by atoms with Crippen LogP contribution < -0.4 is 0 Å². The molecule has 0 aromatic rings. The molecular weight excluding hydrogens is 148 g/mol. The van der Waals surface area contributed by atoms with Crippen LogP contribution in [0.1, 0.15) is 27.2 Å². The Morgan fingerprint density at radius 1 is 1.18 bits per heavy atom. The molecule has 0 nitrogen and oxygen atoms in total. The van der Waals surface area contributed by atoms with Crippen molar-refractivity contribution < 1.29 is 0 Å². The molecule has 0 saturated carbocycles. The quantitative estimate of drug-likeness (QED) is 0.561. The lowest BCUT2D eigenvalue weighted by Crippen LogP contribution is -2.33. The maximum Gasteiger partial charge on any atom is 0.103 e. The van der Waals surface area contributed by atoms with Gasteiger partial charge in [-0.3, -0.25) is 0 Å². The maximum absolute atomic E-state index is 4.07. The summed E-state index contributed by atoms with van der Waals surface area (Å²) in [6, 6.07) is 1.30. The second-order valence-corrected chi connectivity index (χ2v) is 8.51. The van der Waals surface area contributed by atoms with E-state index in [1.807, 2.05) is 0 Å². The predicted octanol–water partition coefficient (Wildman–Crippen LogP) is 3.71. The van der Waals surface area contributed by atoms with Gasteiger partial charge in [0.25, 0.3) is 0 Å². The first kappa shape index (κ1) is 10.7. The lowest BCUT2D eigenvalue weighted by molar-refractivity contribution is 1.05. The van der Waals surface area contributed by atoms with E-state index >= 15 is 0 Å². The Hall–Kier alpha value is -0.303. The van der Waals surface area contributed by atoms with Crippen LogP contribution in [-0.2, 0) is 0 Å². The Morgan fingerprint density at radius 2 is 1.55 bits per heavy atom. The van der Waals surface area contributed by atoms with E-state index in [0.29, 0.717) is 0 Å². The molecule has 0 aliphatic rings. The highest BCUT2D eigenvalue weighted by atomic mass is 28.3. The second kappa shape index (κ2) is 3.91. The fraction of sp³-hybridized carbons (Fsp3) is 0.600. The summed E-state index contributed by atoms with van der Waals surface area (Å²) in [6.45, 7) is 17.0. The predicted molar refractivity (Wildman–Crippen MR) is 56.3 cm³/mol. The molecule has 0 fully saturated rings. The number of hydrogen-bond acceptors (Lipinski definition) is 0. The number of rotatable bonds is 4. The van der Waals surface area contributed by atoms with Gasteiger partial charge in [0, 0.05) is 0 Å². The lowest BCUT2D eigenvalue weighted by Gasteiger charge is -2.27. The van der Waals surface area contributed by atoms with Gasteiger partial charge in [-0.25, -0.2) is 0 Å². The van der Waals surface area contributed by atoms with Crippen molar-refractivity contribution in [1.29, 1.82) is 0 Å². The van der Waals surface area contributed by atoms with E-state index in [4.69, 9.17) is 0 Å². The fourth-order valence-corrected chi connectivity index (χ4v) is 3.87. The number of hydrogen-bond donors (Lipinski definition) is 0. The first-order valence-corrected chi connectivity index (χ1v) is 6.97. The number of allylic oxidation sites excluding steroid dienone is 2. The largest absolute Gasteiger partial charge is 0.104 e. The van der Waals surface area contributed by atoms with Crippen molar-refractivity contribution in [2.24, 2.45) is 0 Å². The molecule has 1 heteroatoms. The van der Waals surface area contributed by atoms with E-state index < -0.39 is 8.07 Å². The third-order valence-electron chi connectivity index (χ3n) is 2.63. The van der Waals surface area contributed by atoms with Crippen LogP contribution in [0.5, 0.6) is 0 Å². The van der Waals surface area contributed by atoms with Crippen molar-refractivity contribution in [3.05, 3.63) is 23.6 Å². The molecule has 0 amide bonds. The van der Waals surface area contributed by atoms with Gasteiger partial charge < -0.3 is 0 Å². The van der Waals surface area contributed by atoms with Gasteiger partial charge in [0.2, 0.25) is 0 Å². The van der Waals surface area contributed by atoms with Crippen LogP contribution in [0.2, 0.25) is 12.6 Å². The molecule has 0 aliphatic carbocycles. The first-order chi connectivity index (χ1) is 4.95. The SMILES string of the molecule is C=C(C)[Si](C)(CCC)C(=C)C. The summed E-state index contributed by atoms with van der Waals surface area (Å²) in [7, 11) is -1.29. The summed E-state index contributed by atoms with van der Waals surface area (Å²) in [6.07, 6.45) is 1.25. The molecule has 0 radical (unpaired) electrons. The van der Waals surface area contributed by atoms with Crippen molar-refractivity contribution in [2.45, 2.75) is 39.8 Å². The van der Waals surface area contributed by atoms with Crippen LogP contribution in [0.4, 0.5) is 0 Å². The van der Waals surface area contributed by atoms with E-state index in [-0.39, 0.29) is 0 Å². The summed E-state index contributed by atoms with van der Waals surface area (Å²) in [4.78, 5) is 0. The van der Waals surface area contributed by atoms with E-state index in [1.165, 1.54) is 22.9 Å². The molecule has 0 saturated heterocycles. The molecule has 0 bridgehead atoms. The molecule has 0 aromatic carbocycles. The van der Waals surface area contributed by atoms with Crippen LogP contribution in [0.3, 0.4) is 0 Å². The monoisotopic (exact) mass is 168 g/mol. The molecule has 0 spiro atoms. The Morgan fingerprint density at radius 3 is 1.64 bits per heavy atom. The average Bonchev–Trinajstić information content (AvgIpc) is 1.87. The van der Waals surface area contributed by atoms with Gasteiger partial charge in [0.15, 0.2) is 0 Å². The standard InChI is InChI=1S/C10H20Si/c1-7-8-11(6,9(2)3)10(4)5/h2,4,7-8H2,1,3,5-6H3. The van der Waals surface area contributed by atoms with Gasteiger partial charge in [-0.05, 0) is 13.8 Å². The Balaban J connectivity index is 4.52. The highest BCUT2D eigenvalue weighted by Crippen LogP contribution is 2.26. The van der Waals surface area contributed by atoms with Crippen LogP contribution in [-0.4, -0.2) is 8.07 Å². The summed E-state index contributed by atoms with van der Waals surface area (Å²) in [5.74, 6) is 0. The minimum atomic E-state index is -1.29. The Bertz CT molecular complexity index is 154. The van der Waals surface area contributed by atoms with Crippen molar-refractivity contribution in [3.8, 4) is 0 Å². The molecule has 0 unspecified atom stereocenters. The van der Waals surface area contributed by atoms with Gasteiger partial charge in [-0.2, -0.15) is 0 Å². The van der Waals surface area contributed by atoms with E-state index in [0.717, 1.165) is 0 Å². The van der Waals surface area contributed by atoms with Gasteiger partial charge in [0.1, 0.15) is 8.07 Å². The summed E-state index contributed by atoms with van der Waals surface area (Å²) in [5.41, 5.74) is 0. The first-order valence-electron chi connectivity index (χ1n) is 4.27. The second-order valence-electron chi connectivity index (χ2n) is 3.64. The van der Waals surface area contributed by atoms with Crippen LogP contribution in [0.15, 0.2) is 23.6 Å². The maximum atomic E-state index is 4.07. The third-order valence-corrected chi connectivity index (χ3v) is 7.90. The zero-order valence-electron chi connectivity index (χ0n) is 8.33. The molecule has 11 heavy (non-hydrogen) atoms. The normalized spacial score (nSPS) is 11.3. The zero-order valence-corrected chi connectivity index (χ0v) is 9.33. The minimum absolute atomic E-state index is 1.25. The average molecular weight is 168 g/mol. The van der Waals surface area contributed by atoms with Gasteiger partial charge in [-0.1, -0.05) is 36.3 Å². The molecule has 0 aliphatic heterocycles. The Labute approximate surface area is 72.0 Å². The molecule has 0 heterocycles. The lowest BCUT2D eigenvalue weighted by atomic mass is 10.6. The van der Waals surface area contributed by atoms with Gasteiger partial charge in [-0.15, -0.1) is 13.2 Å². The highest BCUT2D eigenvalue weighted by molar-refractivity contribution is 6.91. The van der Waals surface area contributed by atoms with Gasteiger partial charge >= 0.3 is 0 Å². The molecular formula is C10H20Si. The van der Waals surface area contributed by atoms with Crippen LogP contribution in [0.25, 0.3) is 0 Å². The van der Waals surface area contributed by atoms with Crippen LogP contribution in [0, 0.1) is 0 Å². The Kier molecular flexibility index (Phi) is 3.80. The van der Waals surface area contributed by atoms with E-state index in [1.54, 1.807) is 0 Å². The van der Waals surface area contributed by atoms with Gasteiger partial charge in [0.05, 0.1) is 0 Å². The molecule has 64 valence electrons. The topological polar surface area (TPSA) is 0 Å². The van der Waals surface area contributed by atoms with E-state index in [2.05, 4.69) is 40.5 Å². The van der Waals surface area contributed by atoms with E-state index in [9.17, 15) is 0 Å². The molecule has 0 N–H and O–H groups in total. The highest BCUT2D eigenvalue weighted by Gasteiger charge is 2.27. The molecule has 0 aromatic heterocycles. The van der Waals surface area contributed by atoms with Crippen molar-refractivity contribution in [1.82, 2.24) is 0 Å². The molecule has 0 rings (SSSR count). The minimum Gasteiger partial charge on any atom is -0.104 e. The van der Waals surface area contributed by atoms with Crippen molar-refractivity contribution >= 4 is 8.07 Å². The smallest absolute Gasteiger partial charge is 0.103 e.